The van der Waals surface area contributed by atoms with Gasteiger partial charge in [0.2, 0.25) is 0 Å². The number of fused-ring (bicyclic) bond motifs is 1. The SMILES string of the molecule is CCCc1nnsc1C(=O)Nc1nc2c(C)ccc(C)c2s1. The number of amides is 1. The molecule has 0 radical (unpaired) electrons. The van der Waals surface area contributed by atoms with E-state index in [4.69, 9.17) is 0 Å². The molecule has 0 saturated heterocycles. The number of carbonyl (C=O) groups is 1. The van der Waals surface area contributed by atoms with Crippen LogP contribution in [0, 0.1) is 13.8 Å². The molecule has 1 aromatic carbocycles. The third-order valence-corrected chi connectivity index (χ3v) is 5.28. The molecule has 0 unspecified atom stereocenters. The van der Waals surface area contributed by atoms with E-state index in [1.54, 1.807) is 0 Å². The minimum absolute atomic E-state index is 0.173. The number of rotatable bonds is 4. The van der Waals surface area contributed by atoms with Crippen LogP contribution in [0.25, 0.3) is 10.2 Å². The van der Waals surface area contributed by atoms with Crippen LogP contribution in [0.15, 0.2) is 12.1 Å². The first-order valence-corrected chi connectivity index (χ1v) is 8.68. The number of hydrogen-bond acceptors (Lipinski definition) is 6. The summed E-state index contributed by atoms with van der Waals surface area (Å²) in [6.07, 6.45) is 1.70. The van der Waals surface area contributed by atoms with E-state index < -0.39 is 0 Å². The van der Waals surface area contributed by atoms with Gasteiger partial charge < -0.3 is 0 Å². The van der Waals surface area contributed by atoms with Crippen LogP contribution in [0.4, 0.5) is 5.13 Å². The second kappa shape index (κ2) is 6.10. The molecule has 0 spiro atoms. The summed E-state index contributed by atoms with van der Waals surface area (Å²) in [5, 5.41) is 7.53. The molecule has 0 aliphatic carbocycles. The number of aromatic nitrogens is 3. The molecule has 1 N–H and O–H groups in total. The number of nitrogens with one attached hydrogen (secondary N) is 1. The summed E-state index contributed by atoms with van der Waals surface area (Å²) in [5.74, 6) is -0.173. The van der Waals surface area contributed by atoms with Gasteiger partial charge in [-0.05, 0) is 42.9 Å². The molecular weight excluding hydrogens is 316 g/mol. The number of thiazole rings is 1. The third kappa shape index (κ3) is 2.74. The maximum atomic E-state index is 12.4. The van der Waals surface area contributed by atoms with Gasteiger partial charge >= 0.3 is 0 Å². The van der Waals surface area contributed by atoms with E-state index in [-0.39, 0.29) is 5.91 Å². The molecule has 0 bridgehead atoms. The molecule has 0 saturated carbocycles. The van der Waals surface area contributed by atoms with E-state index in [9.17, 15) is 4.79 Å². The molecule has 0 fully saturated rings. The monoisotopic (exact) mass is 332 g/mol. The maximum Gasteiger partial charge on any atom is 0.271 e. The minimum atomic E-state index is -0.173. The molecule has 7 heteroatoms. The molecule has 3 rings (SSSR count). The standard InChI is InChI=1S/C15H16N4OS2/c1-4-5-10-13(22-19-18-10)14(20)17-15-16-11-8(2)6-7-9(3)12(11)21-15/h6-7H,4-5H2,1-3H3,(H,16,17,20). The van der Waals surface area contributed by atoms with Gasteiger partial charge in [-0.3, -0.25) is 10.1 Å². The number of anilines is 1. The van der Waals surface area contributed by atoms with Gasteiger partial charge in [-0.2, -0.15) is 0 Å². The van der Waals surface area contributed by atoms with Crippen LogP contribution in [0.2, 0.25) is 0 Å². The summed E-state index contributed by atoms with van der Waals surface area (Å²) in [7, 11) is 0. The summed E-state index contributed by atoms with van der Waals surface area (Å²) >= 11 is 2.64. The zero-order valence-corrected chi connectivity index (χ0v) is 14.3. The Kier molecular flexibility index (Phi) is 4.17. The Bertz CT molecular complexity index is 798. The smallest absolute Gasteiger partial charge is 0.271 e. The van der Waals surface area contributed by atoms with E-state index in [0.29, 0.717) is 10.0 Å². The van der Waals surface area contributed by atoms with E-state index >= 15 is 0 Å². The van der Waals surface area contributed by atoms with Crippen LogP contribution >= 0.6 is 22.9 Å². The van der Waals surface area contributed by atoms with Gasteiger partial charge in [0.15, 0.2) is 5.13 Å². The van der Waals surface area contributed by atoms with Crippen molar-refractivity contribution in [2.75, 3.05) is 5.32 Å². The quantitative estimate of drug-likeness (QED) is 0.785. The number of carbonyl (C=O) groups excluding carboxylic acids is 1. The fourth-order valence-corrected chi connectivity index (χ4v) is 3.86. The minimum Gasteiger partial charge on any atom is -0.297 e. The third-order valence-electron chi connectivity index (χ3n) is 3.41. The summed E-state index contributed by atoms with van der Waals surface area (Å²) in [5.41, 5.74) is 4.00. The molecule has 22 heavy (non-hydrogen) atoms. The zero-order valence-electron chi connectivity index (χ0n) is 12.6. The summed E-state index contributed by atoms with van der Waals surface area (Å²) in [6, 6.07) is 4.13. The lowest BCUT2D eigenvalue weighted by Gasteiger charge is -1.99. The molecule has 5 nitrogen and oxygen atoms in total. The molecule has 0 aliphatic rings. The Balaban J connectivity index is 1.90. The average molecular weight is 332 g/mol. The van der Waals surface area contributed by atoms with Gasteiger partial charge in [0.05, 0.1) is 15.9 Å². The van der Waals surface area contributed by atoms with Crippen LogP contribution < -0.4 is 5.32 Å². The molecule has 0 atom stereocenters. The number of hydrogen-bond donors (Lipinski definition) is 1. The molecule has 2 heterocycles. The first-order chi connectivity index (χ1) is 10.6. The van der Waals surface area contributed by atoms with Gasteiger partial charge in [0, 0.05) is 0 Å². The predicted molar refractivity (Wildman–Crippen MR) is 91.0 cm³/mol. The molecule has 0 aliphatic heterocycles. The highest BCUT2D eigenvalue weighted by atomic mass is 32.1. The molecule has 114 valence electrons. The zero-order chi connectivity index (χ0) is 15.7. The summed E-state index contributed by atoms with van der Waals surface area (Å²) in [4.78, 5) is 17.5. The fraction of sp³-hybridized carbons (Fsp3) is 0.333. The van der Waals surface area contributed by atoms with Crippen molar-refractivity contribution in [2.24, 2.45) is 0 Å². The highest BCUT2D eigenvalue weighted by Gasteiger charge is 2.18. The molecule has 1 amide bonds. The van der Waals surface area contributed by atoms with Crippen LogP contribution in [-0.4, -0.2) is 20.5 Å². The number of nitrogens with zero attached hydrogens (tertiary/aromatic N) is 3. The molecular formula is C15H16N4OS2. The van der Waals surface area contributed by atoms with Gasteiger partial charge in [-0.25, -0.2) is 4.98 Å². The van der Waals surface area contributed by atoms with E-state index in [2.05, 4.69) is 45.9 Å². The lowest BCUT2D eigenvalue weighted by atomic mass is 10.1. The van der Waals surface area contributed by atoms with E-state index in [1.165, 1.54) is 16.9 Å². The number of aryl methyl sites for hydroxylation is 3. The highest BCUT2D eigenvalue weighted by Crippen LogP contribution is 2.31. The Morgan fingerprint density at radius 2 is 2.05 bits per heavy atom. The van der Waals surface area contributed by atoms with Gasteiger partial charge in [-0.1, -0.05) is 41.3 Å². The Morgan fingerprint density at radius 1 is 1.27 bits per heavy atom. The van der Waals surface area contributed by atoms with Crippen molar-refractivity contribution in [3.8, 4) is 0 Å². The van der Waals surface area contributed by atoms with Crippen molar-refractivity contribution in [3.63, 3.8) is 0 Å². The highest BCUT2D eigenvalue weighted by molar-refractivity contribution is 7.22. The van der Waals surface area contributed by atoms with E-state index in [0.717, 1.165) is 45.8 Å². The lowest BCUT2D eigenvalue weighted by Crippen LogP contribution is -2.12. The molecule has 3 aromatic rings. The van der Waals surface area contributed by atoms with Crippen molar-refractivity contribution in [1.29, 1.82) is 0 Å². The van der Waals surface area contributed by atoms with Crippen molar-refractivity contribution in [2.45, 2.75) is 33.6 Å². The van der Waals surface area contributed by atoms with Crippen LogP contribution in [0.1, 0.15) is 39.8 Å². The van der Waals surface area contributed by atoms with Gasteiger partial charge in [-0.15, -0.1) is 5.10 Å². The normalized spacial score (nSPS) is 11.0. The first-order valence-electron chi connectivity index (χ1n) is 7.09. The molecule has 2 aromatic heterocycles. The van der Waals surface area contributed by atoms with Gasteiger partial charge in [0.25, 0.3) is 5.91 Å². The Hall–Kier alpha value is -1.86. The van der Waals surface area contributed by atoms with E-state index in [1.807, 2.05) is 6.92 Å². The van der Waals surface area contributed by atoms with Crippen molar-refractivity contribution in [3.05, 3.63) is 33.8 Å². The average Bonchev–Trinajstić information content (AvgIpc) is 3.11. The lowest BCUT2D eigenvalue weighted by molar-refractivity contribution is 0.102. The summed E-state index contributed by atoms with van der Waals surface area (Å²) in [6.45, 7) is 6.14. The van der Waals surface area contributed by atoms with Crippen LogP contribution in [-0.2, 0) is 6.42 Å². The Morgan fingerprint density at radius 3 is 2.77 bits per heavy atom. The van der Waals surface area contributed by atoms with Crippen LogP contribution in [0.5, 0.6) is 0 Å². The van der Waals surface area contributed by atoms with Crippen molar-refractivity contribution >= 4 is 44.1 Å². The fourth-order valence-electron chi connectivity index (χ4n) is 2.25. The predicted octanol–water partition coefficient (Wildman–Crippen LogP) is 3.97. The summed E-state index contributed by atoms with van der Waals surface area (Å²) < 4.78 is 5.01. The topological polar surface area (TPSA) is 67.8 Å². The van der Waals surface area contributed by atoms with Crippen molar-refractivity contribution < 1.29 is 4.79 Å². The largest absolute Gasteiger partial charge is 0.297 e. The number of benzene rings is 1. The van der Waals surface area contributed by atoms with Crippen LogP contribution in [0.3, 0.4) is 0 Å². The van der Waals surface area contributed by atoms with Gasteiger partial charge in [0.1, 0.15) is 4.88 Å². The first kappa shape index (κ1) is 15.1. The maximum absolute atomic E-state index is 12.4. The second-order valence-electron chi connectivity index (χ2n) is 5.15. The Labute approximate surface area is 136 Å². The second-order valence-corrected chi connectivity index (χ2v) is 6.90. The van der Waals surface area contributed by atoms with Crippen molar-refractivity contribution in [1.82, 2.24) is 14.6 Å².